The van der Waals surface area contributed by atoms with Gasteiger partial charge in [0.05, 0.1) is 17.8 Å². The van der Waals surface area contributed by atoms with Gasteiger partial charge in [-0.3, -0.25) is 9.69 Å². The smallest absolute Gasteiger partial charge is 0.317 e. The fraction of sp³-hybridized carbons (Fsp3) is 0.467. The first-order valence-electron chi connectivity index (χ1n) is 6.94. The summed E-state index contributed by atoms with van der Waals surface area (Å²) in [7, 11) is 0. The van der Waals surface area contributed by atoms with Crippen molar-refractivity contribution in [2.24, 2.45) is 0 Å². The Bertz CT molecular complexity index is 570. The van der Waals surface area contributed by atoms with Crippen LogP contribution in [0.1, 0.15) is 19.4 Å². The van der Waals surface area contributed by atoms with Crippen molar-refractivity contribution in [3.63, 3.8) is 0 Å². The summed E-state index contributed by atoms with van der Waals surface area (Å²) < 4.78 is 0. The predicted molar refractivity (Wildman–Crippen MR) is 81.0 cm³/mol. The second kappa shape index (κ2) is 6.02. The molecule has 1 aliphatic rings. The summed E-state index contributed by atoms with van der Waals surface area (Å²) in [6, 6.07) is 7.71. The van der Waals surface area contributed by atoms with E-state index in [1.807, 2.05) is 24.8 Å². The molecule has 2 rings (SSSR count). The van der Waals surface area contributed by atoms with Crippen molar-refractivity contribution >= 4 is 17.3 Å². The molecule has 0 bridgehead atoms. The molecule has 0 aliphatic carbocycles. The standard InChI is InChI=1S/C15H20N4O2/c1-10-7-18(8-11(2)19(10)9-15(20)21)14-4-3-13(17)5-12(14)6-16/h3-5,10-11H,7-9,17H2,1-2H3,(H,20,21). The normalized spacial score (nSPS) is 22.8. The number of nitrogens with zero attached hydrogens (tertiary/aromatic N) is 3. The van der Waals surface area contributed by atoms with E-state index in [1.165, 1.54) is 0 Å². The third-order valence-electron chi connectivity index (χ3n) is 3.90. The van der Waals surface area contributed by atoms with Crippen LogP contribution in [0.5, 0.6) is 0 Å². The number of nitriles is 1. The maximum absolute atomic E-state index is 10.9. The number of carboxylic acid groups (broad SMARTS) is 1. The van der Waals surface area contributed by atoms with E-state index in [-0.39, 0.29) is 18.6 Å². The molecule has 2 unspecified atom stereocenters. The molecule has 0 amide bonds. The molecule has 0 saturated carbocycles. The summed E-state index contributed by atoms with van der Waals surface area (Å²) in [5.74, 6) is -0.813. The summed E-state index contributed by atoms with van der Waals surface area (Å²) in [6.45, 7) is 5.44. The predicted octanol–water partition coefficient (Wildman–Crippen LogP) is 1.12. The van der Waals surface area contributed by atoms with Crippen molar-refractivity contribution in [3.05, 3.63) is 23.8 Å². The zero-order chi connectivity index (χ0) is 15.6. The molecule has 0 spiro atoms. The molecule has 1 heterocycles. The van der Waals surface area contributed by atoms with Crippen molar-refractivity contribution in [1.29, 1.82) is 5.26 Å². The second-order valence-electron chi connectivity index (χ2n) is 5.56. The Kier molecular flexibility index (Phi) is 4.34. The molecule has 2 atom stereocenters. The molecule has 21 heavy (non-hydrogen) atoms. The molecule has 1 fully saturated rings. The van der Waals surface area contributed by atoms with Crippen LogP contribution in [0, 0.1) is 11.3 Å². The first kappa shape index (κ1) is 15.1. The molecule has 3 N–H and O–H groups in total. The van der Waals surface area contributed by atoms with Crippen LogP contribution in [0.25, 0.3) is 0 Å². The van der Waals surface area contributed by atoms with Crippen molar-refractivity contribution in [2.45, 2.75) is 25.9 Å². The second-order valence-corrected chi connectivity index (χ2v) is 5.56. The maximum atomic E-state index is 10.9. The van der Waals surface area contributed by atoms with Gasteiger partial charge >= 0.3 is 5.97 Å². The van der Waals surface area contributed by atoms with E-state index in [9.17, 15) is 10.1 Å². The maximum Gasteiger partial charge on any atom is 0.317 e. The number of benzene rings is 1. The van der Waals surface area contributed by atoms with Crippen LogP contribution in [0.2, 0.25) is 0 Å². The number of rotatable bonds is 3. The minimum Gasteiger partial charge on any atom is -0.480 e. The van der Waals surface area contributed by atoms with Crippen LogP contribution in [0.3, 0.4) is 0 Å². The molecule has 1 aromatic carbocycles. The zero-order valence-electron chi connectivity index (χ0n) is 12.3. The van der Waals surface area contributed by atoms with Gasteiger partial charge in [0, 0.05) is 30.9 Å². The Morgan fingerprint density at radius 3 is 2.57 bits per heavy atom. The number of nitrogens with two attached hydrogens (primary N) is 1. The molecule has 1 aromatic rings. The highest BCUT2D eigenvalue weighted by atomic mass is 16.4. The SMILES string of the molecule is CC1CN(c2ccc(N)cc2C#N)CC(C)N1CC(=O)O. The van der Waals surface area contributed by atoms with Crippen molar-refractivity contribution in [2.75, 3.05) is 30.3 Å². The van der Waals surface area contributed by atoms with Gasteiger partial charge in [-0.1, -0.05) is 0 Å². The van der Waals surface area contributed by atoms with Crippen molar-refractivity contribution in [3.8, 4) is 6.07 Å². The monoisotopic (exact) mass is 288 g/mol. The number of carboxylic acids is 1. The molecule has 112 valence electrons. The highest BCUT2D eigenvalue weighted by molar-refractivity contribution is 5.69. The van der Waals surface area contributed by atoms with E-state index < -0.39 is 5.97 Å². The molecule has 0 aromatic heterocycles. The van der Waals surface area contributed by atoms with Gasteiger partial charge in [0.1, 0.15) is 6.07 Å². The average Bonchev–Trinajstić information content (AvgIpc) is 2.42. The van der Waals surface area contributed by atoms with Gasteiger partial charge in [0.15, 0.2) is 0 Å². The lowest BCUT2D eigenvalue weighted by Crippen LogP contribution is -2.58. The molecule has 6 heteroatoms. The van der Waals surface area contributed by atoms with Gasteiger partial charge in [-0.15, -0.1) is 0 Å². The number of nitrogen functional groups attached to an aromatic ring is 1. The van der Waals surface area contributed by atoms with Crippen LogP contribution in [-0.2, 0) is 4.79 Å². The van der Waals surface area contributed by atoms with Gasteiger partial charge in [-0.05, 0) is 32.0 Å². The molecular weight excluding hydrogens is 268 g/mol. The van der Waals surface area contributed by atoms with Crippen LogP contribution in [0.15, 0.2) is 18.2 Å². The minimum absolute atomic E-state index is 0.0447. The fourth-order valence-corrected chi connectivity index (χ4v) is 2.94. The number of hydrogen-bond donors (Lipinski definition) is 2. The number of anilines is 2. The van der Waals surface area contributed by atoms with E-state index in [2.05, 4.69) is 11.0 Å². The first-order chi connectivity index (χ1) is 9.92. The lowest BCUT2D eigenvalue weighted by Gasteiger charge is -2.44. The lowest BCUT2D eigenvalue weighted by atomic mass is 10.0. The first-order valence-corrected chi connectivity index (χ1v) is 6.94. The van der Waals surface area contributed by atoms with Crippen LogP contribution in [-0.4, -0.2) is 47.7 Å². The zero-order valence-corrected chi connectivity index (χ0v) is 12.3. The Hall–Kier alpha value is -2.26. The summed E-state index contributed by atoms with van der Waals surface area (Å²) in [5, 5.41) is 18.2. The molecule has 1 saturated heterocycles. The summed E-state index contributed by atoms with van der Waals surface area (Å²) >= 11 is 0. The lowest BCUT2D eigenvalue weighted by molar-refractivity contribution is -0.139. The van der Waals surface area contributed by atoms with Gasteiger partial charge in [0.2, 0.25) is 0 Å². The molecular formula is C15H20N4O2. The topological polar surface area (TPSA) is 93.6 Å². The fourth-order valence-electron chi connectivity index (χ4n) is 2.94. The van der Waals surface area contributed by atoms with Gasteiger partial charge in [0.25, 0.3) is 0 Å². The van der Waals surface area contributed by atoms with E-state index in [0.717, 1.165) is 5.69 Å². The quantitative estimate of drug-likeness (QED) is 0.810. The van der Waals surface area contributed by atoms with Crippen molar-refractivity contribution in [1.82, 2.24) is 4.90 Å². The Balaban J connectivity index is 2.22. The van der Waals surface area contributed by atoms with Gasteiger partial charge in [-0.25, -0.2) is 0 Å². The number of piperazine rings is 1. The molecule has 0 radical (unpaired) electrons. The number of hydrogen-bond acceptors (Lipinski definition) is 5. The summed E-state index contributed by atoms with van der Waals surface area (Å²) in [4.78, 5) is 15.0. The summed E-state index contributed by atoms with van der Waals surface area (Å²) in [6.07, 6.45) is 0. The van der Waals surface area contributed by atoms with Crippen LogP contribution < -0.4 is 10.6 Å². The van der Waals surface area contributed by atoms with E-state index >= 15 is 0 Å². The largest absolute Gasteiger partial charge is 0.480 e. The Morgan fingerprint density at radius 2 is 2.05 bits per heavy atom. The summed E-state index contributed by atoms with van der Waals surface area (Å²) in [5.41, 5.74) is 7.71. The third-order valence-corrected chi connectivity index (χ3v) is 3.90. The molecule has 1 aliphatic heterocycles. The highest BCUT2D eigenvalue weighted by Crippen LogP contribution is 2.27. The van der Waals surface area contributed by atoms with E-state index in [1.54, 1.807) is 12.1 Å². The Morgan fingerprint density at radius 1 is 1.43 bits per heavy atom. The van der Waals surface area contributed by atoms with Gasteiger partial charge < -0.3 is 15.7 Å². The minimum atomic E-state index is -0.813. The third kappa shape index (κ3) is 3.26. The number of aliphatic carboxylic acids is 1. The van der Waals surface area contributed by atoms with Crippen LogP contribution in [0.4, 0.5) is 11.4 Å². The van der Waals surface area contributed by atoms with Crippen molar-refractivity contribution < 1.29 is 9.90 Å². The average molecular weight is 288 g/mol. The highest BCUT2D eigenvalue weighted by Gasteiger charge is 2.31. The van der Waals surface area contributed by atoms with Gasteiger partial charge in [-0.2, -0.15) is 5.26 Å². The number of carbonyl (C=O) groups is 1. The Labute approximate surface area is 124 Å². The van der Waals surface area contributed by atoms with Crippen LogP contribution >= 0.6 is 0 Å². The van der Waals surface area contributed by atoms with E-state index in [0.29, 0.717) is 24.3 Å². The molecule has 6 nitrogen and oxygen atoms in total. The van der Waals surface area contributed by atoms with E-state index in [4.69, 9.17) is 10.8 Å².